The van der Waals surface area contributed by atoms with Crippen molar-refractivity contribution in [2.75, 3.05) is 18.0 Å². The van der Waals surface area contributed by atoms with Gasteiger partial charge in [0, 0.05) is 25.7 Å². The quantitative estimate of drug-likeness (QED) is 0.800. The number of anilines is 1. The Balaban J connectivity index is 2.03. The van der Waals surface area contributed by atoms with Crippen molar-refractivity contribution in [3.63, 3.8) is 0 Å². The van der Waals surface area contributed by atoms with Crippen molar-refractivity contribution in [2.24, 2.45) is 0 Å². The van der Waals surface area contributed by atoms with E-state index in [-0.39, 0.29) is 18.9 Å². The van der Waals surface area contributed by atoms with Crippen LogP contribution in [-0.2, 0) is 14.3 Å². The second-order valence-corrected chi connectivity index (χ2v) is 8.01. The number of hydrogen-bond acceptors (Lipinski definition) is 5. The number of ether oxygens (including phenoxy) is 1. The Morgan fingerprint density at radius 3 is 2.68 bits per heavy atom. The third-order valence-corrected chi connectivity index (χ3v) is 4.42. The van der Waals surface area contributed by atoms with Crippen molar-refractivity contribution >= 4 is 23.8 Å². The highest BCUT2D eigenvalue weighted by atomic mass is 16.6. The summed E-state index contributed by atoms with van der Waals surface area (Å²) >= 11 is 0. The number of hydrogen-bond donors (Lipinski definition) is 1. The summed E-state index contributed by atoms with van der Waals surface area (Å²) in [5, 5.41) is 9.23. The first-order valence-corrected chi connectivity index (χ1v) is 9.54. The molecule has 28 heavy (non-hydrogen) atoms. The monoisotopic (exact) mass is 391 g/mol. The number of aromatic nitrogens is 1. The zero-order valence-electron chi connectivity index (χ0n) is 17.0. The third kappa shape index (κ3) is 5.94. The summed E-state index contributed by atoms with van der Waals surface area (Å²) in [7, 11) is 0. The Morgan fingerprint density at radius 1 is 1.36 bits per heavy atom. The van der Waals surface area contributed by atoms with Gasteiger partial charge < -0.3 is 14.7 Å². The zero-order chi connectivity index (χ0) is 20.9. The predicted octanol–water partition coefficient (Wildman–Crippen LogP) is 2.99. The second-order valence-electron chi connectivity index (χ2n) is 8.01. The molecule has 0 bridgehead atoms. The number of pyridine rings is 1. The lowest BCUT2D eigenvalue weighted by Gasteiger charge is -2.27. The molecular weight excluding hydrogens is 362 g/mol. The molecule has 1 aliphatic heterocycles. The van der Waals surface area contributed by atoms with E-state index in [2.05, 4.69) is 4.98 Å². The van der Waals surface area contributed by atoms with E-state index in [9.17, 15) is 19.5 Å². The van der Waals surface area contributed by atoms with Crippen molar-refractivity contribution in [1.29, 1.82) is 0 Å². The molecule has 8 nitrogen and oxygen atoms in total. The van der Waals surface area contributed by atoms with E-state index in [0.29, 0.717) is 31.6 Å². The van der Waals surface area contributed by atoms with Gasteiger partial charge in [-0.15, -0.1) is 0 Å². The van der Waals surface area contributed by atoms with Gasteiger partial charge in [0.25, 0.3) is 0 Å². The van der Waals surface area contributed by atoms with E-state index in [1.54, 1.807) is 33.0 Å². The summed E-state index contributed by atoms with van der Waals surface area (Å²) in [4.78, 5) is 43.4. The average molecular weight is 391 g/mol. The highest BCUT2D eigenvalue weighted by Gasteiger charge is 2.33. The molecule has 0 aliphatic carbocycles. The first kappa shape index (κ1) is 21.7. The van der Waals surface area contributed by atoms with Gasteiger partial charge in [-0.25, -0.2) is 14.6 Å². The van der Waals surface area contributed by atoms with Gasteiger partial charge in [-0.05, 0) is 64.7 Å². The molecule has 1 aromatic rings. The molecule has 2 heterocycles. The zero-order valence-corrected chi connectivity index (χ0v) is 17.0. The number of carboxylic acid groups (broad SMARTS) is 1. The van der Waals surface area contributed by atoms with Crippen LogP contribution in [0.5, 0.6) is 0 Å². The molecule has 1 aliphatic rings. The lowest BCUT2D eigenvalue weighted by atomic mass is 10.2. The van der Waals surface area contributed by atoms with Crippen LogP contribution in [0, 0.1) is 6.92 Å². The van der Waals surface area contributed by atoms with Crippen molar-refractivity contribution < 1.29 is 24.2 Å². The van der Waals surface area contributed by atoms with E-state index in [1.807, 2.05) is 13.0 Å². The molecule has 2 rings (SSSR count). The summed E-state index contributed by atoms with van der Waals surface area (Å²) in [6, 6.07) is 2.87. The van der Waals surface area contributed by atoms with Crippen molar-refractivity contribution in [3.05, 3.63) is 23.9 Å². The molecule has 1 fully saturated rings. The molecule has 2 amide bonds. The van der Waals surface area contributed by atoms with Crippen molar-refractivity contribution in [3.8, 4) is 0 Å². The first-order valence-electron chi connectivity index (χ1n) is 9.54. The smallest absolute Gasteiger partial charge is 0.416 e. The van der Waals surface area contributed by atoms with E-state index >= 15 is 0 Å². The molecule has 154 valence electrons. The number of carboxylic acids is 1. The maximum Gasteiger partial charge on any atom is 0.416 e. The molecule has 0 aromatic carbocycles. The molecule has 0 unspecified atom stereocenters. The Kier molecular flexibility index (Phi) is 6.99. The summed E-state index contributed by atoms with van der Waals surface area (Å²) < 4.78 is 5.47. The molecule has 0 saturated carbocycles. The van der Waals surface area contributed by atoms with Crippen LogP contribution < -0.4 is 4.90 Å². The maximum absolute atomic E-state index is 12.6. The summed E-state index contributed by atoms with van der Waals surface area (Å²) in [5.74, 6) is -0.706. The summed E-state index contributed by atoms with van der Waals surface area (Å²) in [5.41, 5.74) is 0.301. The number of aliphatic carboxylic acids is 1. The number of amides is 2. The Hall–Kier alpha value is -2.64. The number of nitrogens with zero attached hydrogens (tertiary/aromatic N) is 3. The van der Waals surface area contributed by atoms with Gasteiger partial charge in [0.15, 0.2) is 0 Å². The lowest BCUT2D eigenvalue weighted by Crippen LogP contribution is -2.41. The molecule has 1 N–H and O–H groups in total. The van der Waals surface area contributed by atoms with Crippen LogP contribution in [0.1, 0.15) is 52.0 Å². The second kappa shape index (κ2) is 9.03. The van der Waals surface area contributed by atoms with E-state index in [1.165, 1.54) is 9.80 Å². The van der Waals surface area contributed by atoms with Crippen molar-refractivity contribution in [1.82, 2.24) is 9.88 Å². The topological polar surface area (TPSA) is 100 Å². The van der Waals surface area contributed by atoms with Crippen LogP contribution in [0.3, 0.4) is 0 Å². The lowest BCUT2D eigenvalue weighted by molar-refractivity contribution is -0.148. The normalized spacial score (nSPS) is 16.7. The largest absolute Gasteiger partial charge is 0.480 e. The van der Waals surface area contributed by atoms with E-state index in [4.69, 9.17) is 4.74 Å². The number of likely N-dealkylation sites (tertiary alicyclic amines) is 1. The SMILES string of the molecule is Cc1ccnc(N(CCCC(=O)N2CCC[C@@H]2C(=O)O)C(=O)OC(C)(C)C)c1. The van der Waals surface area contributed by atoms with Crippen molar-refractivity contribution in [2.45, 2.75) is 65.0 Å². The Morgan fingerprint density at radius 2 is 2.07 bits per heavy atom. The fourth-order valence-corrected chi connectivity index (χ4v) is 3.14. The van der Waals surface area contributed by atoms with E-state index < -0.39 is 23.7 Å². The molecule has 1 saturated heterocycles. The van der Waals surface area contributed by atoms with Crippen LogP contribution in [0.25, 0.3) is 0 Å². The standard InChI is InChI=1S/C20H29N3O5/c1-14-9-10-21-16(13-14)23(19(27)28-20(2,3)4)12-6-8-17(24)22-11-5-7-15(22)18(25)26/h9-10,13,15H,5-8,11-12H2,1-4H3,(H,25,26)/t15-/m1/s1. The molecular formula is C20H29N3O5. The van der Waals surface area contributed by atoms with Gasteiger partial charge in [-0.1, -0.05) is 0 Å². The molecule has 0 spiro atoms. The third-order valence-electron chi connectivity index (χ3n) is 4.42. The fraction of sp³-hybridized carbons (Fsp3) is 0.600. The number of rotatable bonds is 6. The minimum absolute atomic E-state index is 0.162. The van der Waals surface area contributed by atoms with Crippen LogP contribution in [-0.4, -0.2) is 57.7 Å². The van der Waals surface area contributed by atoms with Crippen LogP contribution in [0.15, 0.2) is 18.3 Å². The highest BCUT2D eigenvalue weighted by Crippen LogP contribution is 2.21. The Bertz CT molecular complexity index is 729. The number of carbonyl (C=O) groups excluding carboxylic acids is 2. The van der Waals surface area contributed by atoms with E-state index in [0.717, 1.165) is 5.56 Å². The fourth-order valence-electron chi connectivity index (χ4n) is 3.14. The summed E-state index contributed by atoms with van der Waals surface area (Å²) in [6.45, 7) is 7.98. The summed E-state index contributed by atoms with van der Waals surface area (Å²) in [6.07, 6.45) is 2.82. The molecule has 1 atom stereocenters. The van der Waals surface area contributed by atoms with Crippen LogP contribution in [0.2, 0.25) is 0 Å². The van der Waals surface area contributed by atoms with Crippen LogP contribution in [0.4, 0.5) is 10.6 Å². The van der Waals surface area contributed by atoms with Gasteiger partial charge in [-0.3, -0.25) is 9.69 Å². The van der Waals surface area contributed by atoms with Gasteiger partial charge in [0.2, 0.25) is 5.91 Å². The molecule has 0 radical (unpaired) electrons. The van der Waals surface area contributed by atoms with Gasteiger partial charge >= 0.3 is 12.1 Å². The molecule has 1 aromatic heterocycles. The van der Waals surface area contributed by atoms with Gasteiger partial charge in [0.1, 0.15) is 17.5 Å². The maximum atomic E-state index is 12.6. The van der Waals surface area contributed by atoms with Crippen LogP contribution >= 0.6 is 0 Å². The number of carbonyl (C=O) groups is 3. The minimum Gasteiger partial charge on any atom is -0.480 e. The predicted molar refractivity (Wildman–Crippen MR) is 104 cm³/mol. The Labute approximate surface area is 165 Å². The molecule has 8 heteroatoms. The highest BCUT2D eigenvalue weighted by molar-refractivity contribution is 5.87. The first-order chi connectivity index (χ1) is 13.1. The van der Waals surface area contributed by atoms with Gasteiger partial charge in [0.05, 0.1) is 0 Å². The average Bonchev–Trinajstić information content (AvgIpc) is 3.07. The minimum atomic E-state index is -0.967. The number of aryl methyl sites for hydroxylation is 1. The van der Waals surface area contributed by atoms with Gasteiger partial charge in [-0.2, -0.15) is 0 Å².